The van der Waals surface area contributed by atoms with Gasteiger partial charge in [0, 0.05) is 6.92 Å². The van der Waals surface area contributed by atoms with Gasteiger partial charge in [-0.1, -0.05) is 36.4 Å². The van der Waals surface area contributed by atoms with E-state index >= 15 is 0 Å². The van der Waals surface area contributed by atoms with Crippen LogP contribution in [0, 0.1) is 0 Å². The lowest BCUT2D eigenvalue weighted by molar-refractivity contribution is -0.187. The fourth-order valence-electron chi connectivity index (χ4n) is 2.90. The molecule has 14 heteroatoms. The summed E-state index contributed by atoms with van der Waals surface area (Å²) in [4.78, 5) is 51.3. The third-order valence-corrected chi connectivity index (χ3v) is 5.00. The van der Waals surface area contributed by atoms with Crippen molar-refractivity contribution in [2.75, 3.05) is 6.61 Å². The summed E-state index contributed by atoms with van der Waals surface area (Å²) in [5.41, 5.74) is 0.530. The van der Waals surface area contributed by atoms with Gasteiger partial charge in [-0.3, -0.25) is 9.36 Å². The van der Waals surface area contributed by atoms with Crippen molar-refractivity contribution < 1.29 is 61.6 Å². The van der Waals surface area contributed by atoms with E-state index in [4.69, 9.17) is 28.7 Å². The van der Waals surface area contributed by atoms with Crippen molar-refractivity contribution in [3.05, 3.63) is 71.8 Å². The first kappa shape index (κ1) is 29.0. The van der Waals surface area contributed by atoms with Gasteiger partial charge in [0.25, 0.3) is 0 Å². The summed E-state index contributed by atoms with van der Waals surface area (Å²) >= 11 is 0. The lowest BCUT2D eigenvalue weighted by Crippen LogP contribution is -2.42. The Morgan fingerprint density at radius 3 is 1.67 bits per heavy atom. The van der Waals surface area contributed by atoms with Crippen molar-refractivity contribution in [2.45, 2.75) is 37.7 Å². The van der Waals surface area contributed by atoms with Gasteiger partial charge in [-0.05, 0) is 24.3 Å². The molecule has 1 fully saturated rings. The van der Waals surface area contributed by atoms with Crippen LogP contribution in [0.1, 0.15) is 27.6 Å². The molecule has 0 spiro atoms. The monoisotopic (exact) mass is 532 g/mol. The van der Waals surface area contributed by atoms with E-state index in [1.54, 1.807) is 60.7 Å². The molecule has 0 bridgehead atoms. The fourth-order valence-corrected chi connectivity index (χ4v) is 2.90. The number of alkyl halides is 2. The fraction of sp³-hybridized carbons (Fsp3) is 0.318. The second-order valence-electron chi connectivity index (χ2n) is 7.17. The quantitative estimate of drug-likeness (QED) is 0.272. The molecule has 1 unspecified atom stereocenters. The summed E-state index contributed by atoms with van der Waals surface area (Å²) in [5, 5.41) is 9.64. The maximum Gasteiger partial charge on any atom is 0.391 e. The van der Waals surface area contributed by atoms with Gasteiger partial charge in [-0.2, -0.15) is 8.78 Å². The van der Waals surface area contributed by atoms with Crippen LogP contribution in [0.4, 0.5) is 8.78 Å². The minimum atomic E-state index is -5.07. The standard InChI is InChI=1S/C21H20O8.CH3F2O3P/c1-13(23)26-21-18(29-20(25)15-10-6-3-7-11-15)17(16(12-22)27-21)28-19(24)14-8-4-2-5-9-14;2-1(3)7(4,5)6/h2-11,16-18,21-22H,12H2,1H3;1H,(H2,4,5,6)/t16-,17-,18-,21?;/m1./s1. The number of hydrogen-bond donors (Lipinski definition) is 3. The van der Waals surface area contributed by atoms with Crippen molar-refractivity contribution in [3.8, 4) is 0 Å². The molecule has 2 aromatic rings. The molecule has 1 saturated heterocycles. The summed E-state index contributed by atoms with van der Waals surface area (Å²) in [7, 11) is -5.07. The third kappa shape index (κ3) is 8.47. The highest BCUT2D eigenvalue weighted by atomic mass is 31.2. The number of aliphatic hydroxyl groups excluding tert-OH is 1. The first-order chi connectivity index (χ1) is 16.9. The predicted molar refractivity (Wildman–Crippen MR) is 117 cm³/mol. The van der Waals surface area contributed by atoms with Crippen molar-refractivity contribution >= 4 is 25.5 Å². The Balaban J connectivity index is 0.000000572. The molecule has 0 amide bonds. The Bertz CT molecular complexity index is 1060. The van der Waals surface area contributed by atoms with Gasteiger partial charge in [0.1, 0.15) is 6.10 Å². The van der Waals surface area contributed by atoms with Crippen LogP contribution in [0.2, 0.25) is 0 Å². The molecule has 11 nitrogen and oxygen atoms in total. The van der Waals surface area contributed by atoms with Crippen molar-refractivity contribution in [2.24, 2.45) is 0 Å². The van der Waals surface area contributed by atoms with Crippen LogP contribution in [0.5, 0.6) is 0 Å². The van der Waals surface area contributed by atoms with Crippen LogP contribution in [0.3, 0.4) is 0 Å². The molecule has 1 aliphatic heterocycles. The lowest BCUT2D eigenvalue weighted by atomic mass is 10.1. The normalized spacial score (nSPS) is 21.2. The van der Waals surface area contributed by atoms with E-state index in [-0.39, 0.29) is 11.1 Å². The number of benzene rings is 2. The SMILES string of the molecule is CC(=O)OC1O[C@H](CO)[C@@H](OC(=O)c2ccccc2)[C@H]1OC(=O)c1ccccc1.O=P(O)(O)C(F)F. The zero-order chi connectivity index (χ0) is 26.9. The Morgan fingerprint density at radius 2 is 1.31 bits per heavy atom. The third-order valence-electron chi connectivity index (χ3n) is 4.49. The first-order valence-electron chi connectivity index (χ1n) is 10.2. The Morgan fingerprint density at radius 1 is 0.889 bits per heavy atom. The van der Waals surface area contributed by atoms with E-state index < -0.39 is 62.9 Å². The van der Waals surface area contributed by atoms with Gasteiger partial charge in [0.15, 0.2) is 6.10 Å². The first-order valence-corrected chi connectivity index (χ1v) is 11.9. The Labute approximate surface area is 203 Å². The van der Waals surface area contributed by atoms with Gasteiger partial charge in [-0.25, -0.2) is 9.59 Å². The number of halogens is 2. The van der Waals surface area contributed by atoms with E-state index in [1.807, 2.05) is 0 Å². The average molecular weight is 532 g/mol. The van der Waals surface area contributed by atoms with E-state index in [1.165, 1.54) is 0 Å². The molecule has 1 aliphatic rings. The van der Waals surface area contributed by atoms with Crippen molar-refractivity contribution in [1.82, 2.24) is 0 Å². The number of carbonyl (C=O) groups is 3. The highest BCUT2D eigenvalue weighted by Gasteiger charge is 2.51. The summed E-state index contributed by atoms with van der Waals surface area (Å²) < 4.78 is 52.3. The minimum absolute atomic E-state index is 0.259. The maximum atomic E-state index is 12.5. The molecular formula is C22H23F2O11P. The second kappa shape index (κ2) is 13.2. The highest BCUT2D eigenvalue weighted by Crippen LogP contribution is 2.42. The van der Waals surface area contributed by atoms with Crippen LogP contribution in [0.25, 0.3) is 0 Å². The Kier molecular flexibility index (Phi) is 10.6. The van der Waals surface area contributed by atoms with Crippen molar-refractivity contribution in [1.29, 1.82) is 0 Å². The second-order valence-corrected chi connectivity index (χ2v) is 8.74. The molecule has 0 aliphatic carbocycles. The van der Waals surface area contributed by atoms with Crippen LogP contribution in [0.15, 0.2) is 60.7 Å². The number of aliphatic hydroxyl groups is 1. The van der Waals surface area contributed by atoms with Gasteiger partial charge in [-0.15, -0.1) is 0 Å². The summed E-state index contributed by atoms with van der Waals surface area (Å²) in [6, 6.07) is 16.3. The van der Waals surface area contributed by atoms with Gasteiger partial charge >= 0.3 is 31.7 Å². The zero-order valence-corrected chi connectivity index (χ0v) is 19.6. The molecular weight excluding hydrogens is 509 g/mol. The molecule has 3 rings (SSSR count). The summed E-state index contributed by atoms with van der Waals surface area (Å²) in [5.74, 6) is -2.08. The number of rotatable bonds is 7. The molecule has 4 atom stereocenters. The number of hydrogen-bond acceptors (Lipinski definition) is 9. The molecule has 2 aromatic carbocycles. The van der Waals surface area contributed by atoms with Crippen molar-refractivity contribution in [3.63, 3.8) is 0 Å². The topological polar surface area (TPSA) is 166 Å². The summed E-state index contributed by atoms with van der Waals surface area (Å²) in [6.45, 7) is 0.626. The molecule has 3 N–H and O–H groups in total. The van der Waals surface area contributed by atoms with Gasteiger partial charge in [0.2, 0.25) is 12.4 Å². The minimum Gasteiger partial charge on any atom is -0.452 e. The van der Waals surface area contributed by atoms with Crippen LogP contribution < -0.4 is 0 Å². The molecule has 0 radical (unpaired) electrons. The molecule has 36 heavy (non-hydrogen) atoms. The zero-order valence-electron chi connectivity index (χ0n) is 18.7. The van der Waals surface area contributed by atoms with Crippen LogP contribution in [-0.4, -0.2) is 70.2 Å². The van der Waals surface area contributed by atoms with E-state index in [0.717, 1.165) is 6.92 Å². The smallest absolute Gasteiger partial charge is 0.391 e. The average Bonchev–Trinajstić information content (AvgIpc) is 3.15. The lowest BCUT2D eigenvalue weighted by Gasteiger charge is -2.23. The largest absolute Gasteiger partial charge is 0.452 e. The predicted octanol–water partition coefficient (Wildman–Crippen LogP) is 2.10. The van der Waals surface area contributed by atoms with Crippen LogP contribution >= 0.6 is 7.60 Å². The highest BCUT2D eigenvalue weighted by molar-refractivity contribution is 7.52. The van der Waals surface area contributed by atoms with E-state index in [9.17, 15) is 32.8 Å². The number of esters is 3. The molecule has 0 aromatic heterocycles. The molecule has 1 heterocycles. The number of ether oxygens (including phenoxy) is 4. The van der Waals surface area contributed by atoms with Gasteiger partial charge in [0.05, 0.1) is 17.7 Å². The van der Waals surface area contributed by atoms with Crippen LogP contribution in [-0.2, 0) is 28.3 Å². The maximum absolute atomic E-state index is 12.5. The molecule has 0 saturated carbocycles. The van der Waals surface area contributed by atoms with E-state index in [0.29, 0.717) is 0 Å². The Hall–Kier alpha value is -3.22. The molecule has 196 valence electrons. The van der Waals surface area contributed by atoms with Gasteiger partial charge < -0.3 is 33.8 Å². The number of carbonyl (C=O) groups excluding carboxylic acids is 3. The summed E-state index contributed by atoms with van der Waals surface area (Å²) in [6.07, 6.45) is -8.33. The van der Waals surface area contributed by atoms with E-state index in [2.05, 4.69) is 0 Å².